The summed E-state index contributed by atoms with van der Waals surface area (Å²) in [7, 11) is 0. The summed E-state index contributed by atoms with van der Waals surface area (Å²) < 4.78 is 0. The Labute approximate surface area is 167 Å². The Balaban J connectivity index is 1.55. The molecule has 0 aliphatic heterocycles. The Morgan fingerprint density at radius 2 is 1.68 bits per heavy atom. The van der Waals surface area contributed by atoms with E-state index in [4.69, 9.17) is 11.6 Å². The van der Waals surface area contributed by atoms with E-state index in [1.807, 2.05) is 61.5 Å². The summed E-state index contributed by atoms with van der Waals surface area (Å²) in [5.74, 6) is -0.215. The summed E-state index contributed by atoms with van der Waals surface area (Å²) in [6, 6.07) is 20.7. The minimum absolute atomic E-state index is 0.215. The van der Waals surface area contributed by atoms with Crippen molar-refractivity contribution in [2.45, 2.75) is 6.92 Å². The lowest BCUT2D eigenvalue weighted by molar-refractivity contribution is -0.111. The molecule has 0 unspecified atom stereocenters. The third kappa shape index (κ3) is 3.94. The number of rotatable bonds is 4. The molecule has 6 heteroatoms. The van der Waals surface area contributed by atoms with E-state index < -0.39 is 0 Å². The van der Waals surface area contributed by atoms with Crippen molar-refractivity contribution >= 4 is 40.3 Å². The van der Waals surface area contributed by atoms with Crippen LogP contribution in [0.3, 0.4) is 0 Å². The zero-order chi connectivity index (χ0) is 19.5. The number of halogens is 1. The second kappa shape index (κ2) is 7.66. The van der Waals surface area contributed by atoms with Crippen LogP contribution < -0.4 is 5.32 Å². The van der Waals surface area contributed by atoms with Crippen molar-refractivity contribution in [3.63, 3.8) is 0 Å². The third-order valence-electron chi connectivity index (χ3n) is 4.27. The summed E-state index contributed by atoms with van der Waals surface area (Å²) in [5, 5.41) is 12.6. The smallest absolute Gasteiger partial charge is 0.248 e. The maximum absolute atomic E-state index is 12.3. The Hall–Kier alpha value is -3.44. The number of aryl methyl sites for hydroxylation is 1. The molecule has 4 rings (SSSR count). The van der Waals surface area contributed by atoms with Crippen molar-refractivity contribution < 1.29 is 4.79 Å². The van der Waals surface area contributed by atoms with Gasteiger partial charge in [-0.1, -0.05) is 41.9 Å². The number of nitrogens with one attached hydrogen (secondary N) is 1. The van der Waals surface area contributed by atoms with Crippen molar-refractivity contribution in [2.75, 3.05) is 5.32 Å². The number of hydrogen-bond donors (Lipinski definition) is 1. The van der Waals surface area contributed by atoms with E-state index in [0.29, 0.717) is 16.2 Å². The first-order valence-corrected chi connectivity index (χ1v) is 9.14. The van der Waals surface area contributed by atoms with Crippen LogP contribution in [0, 0.1) is 6.92 Å². The number of nitrogens with zero attached hydrogens (tertiary/aromatic N) is 3. The van der Waals surface area contributed by atoms with Crippen LogP contribution in [0.2, 0.25) is 5.02 Å². The van der Waals surface area contributed by atoms with Crippen LogP contribution in [-0.4, -0.2) is 20.9 Å². The average molecular weight is 389 g/mol. The Kier molecular flexibility index (Phi) is 4.91. The van der Waals surface area contributed by atoms with Gasteiger partial charge in [-0.25, -0.2) is 0 Å². The van der Waals surface area contributed by atoms with Gasteiger partial charge in [-0.05, 0) is 60.5 Å². The molecule has 1 N–H and O–H groups in total. The second-order valence-corrected chi connectivity index (χ2v) is 6.79. The van der Waals surface area contributed by atoms with E-state index in [-0.39, 0.29) is 5.91 Å². The van der Waals surface area contributed by atoms with Crippen LogP contribution in [0.25, 0.3) is 22.8 Å². The molecule has 1 heterocycles. The number of anilines is 1. The van der Waals surface area contributed by atoms with E-state index in [9.17, 15) is 4.79 Å². The lowest BCUT2D eigenvalue weighted by Crippen LogP contribution is -2.08. The highest BCUT2D eigenvalue weighted by Crippen LogP contribution is 2.22. The van der Waals surface area contributed by atoms with Gasteiger partial charge in [0.2, 0.25) is 5.91 Å². The molecule has 0 atom stereocenters. The average Bonchev–Trinajstić information content (AvgIpc) is 3.11. The molecule has 0 bridgehead atoms. The van der Waals surface area contributed by atoms with Gasteiger partial charge in [0, 0.05) is 16.8 Å². The largest absolute Gasteiger partial charge is 0.322 e. The molecule has 0 radical (unpaired) electrons. The summed E-state index contributed by atoms with van der Waals surface area (Å²) >= 11 is 5.87. The van der Waals surface area contributed by atoms with E-state index in [1.165, 1.54) is 6.08 Å². The van der Waals surface area contributed by atoms with Crippen LogP contribution in [-0.2, 0) is 4.79 Å². The number of aromatic nitrogens is 3. The number of carbonyl (C=O) groups is 1. The maximum Gasteiger partial charge on any atom is 0.248 e. The van der Waals surface area contributed by atoms with Crippen LogP contribution >= 0.6 is 11.6 Å². The van der Waals surface area contributed by atoms with Gasteiger partial charge in [0.25, 0.3) is 0 Å². The van der Waals surface area contributed by atoms with Crippen LogP contribution in [0.1, 0.15) is 11.1 Å². The van der Waals surface area contributed by atoms with E-state index in [0.717, 1.165) is 22.3 Å². The molecule has 0 fully saturated rings. The highest BCUT2D eigenvalue weighted by atomic mass is 35.5. The second-order valence-electron chi connectivity index (χ2n) is 6.35. The van der Waals surface area contributed by atoms with Gasteiger partial charge >= 0.3 is 0 Å². The van der Waals surface area contributed by atoms with Gasteiger partial charge < -0.3 is 5.32 Å². The molecule has 0 spiro atoms. The third-order valence-corrected chi connectivity index (χ3v) is 4.52. The SMILES string of the molecule is Cc1cc2nn(-c3ccccc3)nc2cc1NC(=O)/C=C/c1ccc(Cl)cc1. The molecule has 1 amide bonds. The first-order valence-electron chi connectivity index (χ1n) is 8.76. The van der Waals surface area contributed by atoms with Crippen molar-refractivity contribution in [1.82, 2.24) is 15.0 Å². The highest BCUT2D eigenvalue weighted by Gasteiger charge is 2.09. The first kappa shape index (κ1) is 17.9. The van der Waals surface area contributed by atoms with Gasteiger partial charge in [-0.2, -0.15) is 4.80 Å². The number of amides is 1. The summed E-state index contributed by atoms with van der Waals surface area (Å²) in [4.78, 5) is 13.9. The van der Waals surface area contributed by atoms with Crippen LogP contribution in [0.4, 0.5) is 5.69 Å². The fraction of sp³-hybridized carbons (Fsp3) is 0.0455. The number of para-hydroxylation sites is 1. The minimum Gasteiger partial charge on any atom is -0.322 e. The maximum atomic E-state index is 12.3. The normalized spacial score (nSPS) is 11.2. The lowest BCUT2D eigenvalue weighted by Gasteiger charge is -2.05. The highest BCUT2D eigenvalue weighted by molar-refractivity contribution is 6.30. The number of fused-ring (bicyclic) bond motifs is 1. The molecule has 3 aromatic carbocycles. The monoisotopic (exact) mass is 388 g/mol. The Morgan fingerprint density at radius 1 is 1.00 bits per heavy atom. The first-order chi connectivity index (χ1) is 13.6. The van der Waals surface area contributed by atoms with E-state index in [2.05, 4.69) is 15.5 Å². The van der Waals surface area contributed by atoms with Gasteiger partial charge in [-0.3, -0.25) is 4.79 Å². The zero-order valence-corrected chi connectivity index (χ0v) is 15.9. The van der Waals surface area contributed by atoms with Crippen molar-refractivity contribution in [3.05, 3.63) is 89.0 Å². The fourth-order valence-electron chi connectivity index (χ4n) is 2.80. The summed E-state index contributed by atoms with van der Waals surface area (Å²) in [6.45, 7) is 1.93. The van der Waals surface area contributed by atoms with Gasteiger partial charge in [0.1, 0.15) is 11.0 Å². The molecule has 0 aliphatic rings. The minimum atomic E-state index is -0.215. The van der Waals surface area contributed by atoms with Crippen molar-refractivity contribution in [2.24, 2.45) is 0 Å². The quantitative estimate of drug-likeness (QED) is 0.498. The van der Waals surface area contributed by atoms with Crippen molar-refractivity contribution in [3.8, 4) is 5.69 Å². The molecule has 0 saturated heterocycles. The van der Waals surface area contributed by atoms with Crippen molar-refractivity contribution in [1.29, 1.82) is 0 Å². The van der Waals surface area contributed by atoms with Gasteiger partial charge in [-0.15, -0.1) is 10.2 Å². The fourth-order valence-corrected chi connectivity index (χ4v) is 2.93. The van der Waals surface area contributed by atoms with E-state index >= 15 is 0 Å². The molecular weight excluding hydrogens is 372 g/mol. The zero-order valence-electron chi connectivity index (χ0n) is 15.1. The van der Waals surface area contributed by atoms with E-state index in [1.54, 1.807) is 23.0 Å². The van der Waals surface area contributed by atoms with Gasteiger partial charge in [0.15, 0.2) is 0 Å². The molecule has 1 aromatic heterocycles. The molecule has 5 nitrogen and oxygen atoms in total. The molecular formula is C22H17ClN4O. The van der Waals surface area contributed by atoms with Gasteiger partial charge in [0.05, 0.1) is 5.69 Å². The number of hydrogen-bond acceptors (Lipinski definition) is 3. The molecule has 0 saturated carbocycles. The molecule has 28 heavy (non-hydrogen) atoms. The molecule has 4 aromatic rings. The Morgan fingerprint density at radius 3 is 2.39 bits per heavy atom. The van der Waals surface area contributed by atoms with Crippen LogP contribution in [0.5, 0.6) is 0 Å². The lowest BCUT2D eigenvalue weighted by atomic mass is 10.1. The molecule has 0 aliphatic carbocycles. The predicted molar refractivity (Wildman–Crippen MR) is 113 cm³/mol. The number of benzene rings is 3. The standard InChI is InChI=1S/C22H17ClN4O/c1-15-13-20-21(26-27(25-20)18-5-3-2-4-6-18)14-19(15)24-22(28)12-9-16-7-10-17(23)11-8-16/h2-14H,1H3,(H,24,28)/b12-9+. The summed E-state index contributed by atoms with van der Waals surface area (Å²) in [5.41, 5.74) is 4.90. The topological polar surface area (TPSA) is 59.8 Å². The molecule has 138 valence electrons. The predicted octanol–water partition coefficient (Wildman–Crippen LogP) is 5.03. The van der Waals surface area contributed by atoms with Crippen LogP contribution in [0.15, 0.2) is 72.8 Å². The summed E-state index contributed by atoms with van der Waals surface area (Å²) in [6.07, 6.45) is 3.24. The number of carbonyl (C=O) groups excluding carboxylic acids is 1. The Bertz CT molecular complexity index is 1160.